The highest BCUT2D eigenvalue weighted by molar-refractivity contribution is 6.34. The minimum atomic E-state index is -0.498. The first-order valence-corrected chi connectivity index (χ1v) is 5.10. The number of hydrogen-bond acceptors (Lipinski definition) is 5. The fourth-order valence-corrected chi connectivity index (χ4v) is 1.77. The zero-order valence-electron chi connectivity index (χ0n) is 8.67. The number of rotatable bonds is 1. The zero-order valence-corrected chi connectivity index (χ0v) is 9.43. The highest BCUT2D eigenvalue weighted by Gasteiger charge is 2.24. The molecule has 86 valence electrons. The lowest BCUT2D eigenvalue weighted by Crippen LogP contribution is -2.21. The van der Waals surface area contributed by atoms with Crippen molar-refractivity contribution in [3.8, 4) is 5.75 Å². The van der Waals surface area contributed by atoms with Crippen molar-refractivity contribution in [2.24, 2.45) is 0 Å². The van der Waals surface area contributed by atoms with E-state index in [0.29, 0.717) is 35.3 Å². The molecule has 1 aliphatic heterocycles. The van der Waals surface area contributed by atoms with E-state index in [0.717, 1.165) is 0 Å². The summed E-state index contributed by atoms with van der Waals surface area (Å²) in [7, 11) is 1.30. The van der Waals surface area contributed by atoms with Crippen LogP contribution in [0, 0.1) is 0 Å². The van der Waals surface area contributed by atoms with Gasteiger partial charge in [-0.3, -0.25) is 0 Å². The third-order valence-corrected chi connectivity index (χ3v) is 2.64. The SMILES string of the molecule is COC(=O)c1cc(Cl)c(N)c2c1OCCN2. The molecule has 1 heterocycles. The number of halogens is 1. The number of ether oxygens (including phenoxy) is 2. The molecule has 1 aliphatic rings. The summed E-state index contributed by atoms with van der Waals surface area (Å²) >= 11 is 5.92. The second-order valence-electron chi connectivity index (χ2n) is 3.29. The fraction of sp³-hybridized carbons (Fsp3) is 0.300. The van der Waals surface area contributed by atoms with Crippen LogP contribution in [0.5, 0.6) is 5.75 Å². The van der Waals surface area contributed by atoms with Crippen molar-refractivity contribution >= 4 is 28.9 Å². The molecule has 16 heavy (non-hydrogen) atoms. The van der Waals surface area contributed by atoms with Gasteiger partial charge in [0.15, 0.2) is 5.75 Å². The molecule has 0 saturated carbocycles. The molecule has 0 aromatic heterocycles. The van der Waals surface area contributed by atoms with Gasteiger partial charge in [-0.25, -0.2) is 4.79 Å². The summed E-state index contributed by atoms with van der Waals surface area (Å²) in [6.07, 6.45) is 0. The van der Waals surface area contributed by atoms with Crippen molar-refractivity contribution in [3.05, 3.63) is 16.7 Å². The Kier molecular flexibility index (Phi) is 2.78. The highest BCUT2D eigenvalue weighted by Crippen LogP contribution is 2.41. The van der Waals surface area contributed by atoms with Gasteiger partial charge in [0.25, 0.3) is 0 Å². The summed E-state index contributed by atoms with van der Waals surface area (Å²) in [5.41, 5.74) is 7.00. The van der Waals surface area contributed by atoms with Crippen molar-refractivity contribution < 1.29 is 14.3 Å². The Balaban J connectivity index is 2.61. The number of esters is 1. The van der Waals surface area contributed by atoms with Gasteiger partial charge >= 0.3 is 5.97 Å². The van der Waals surface area contributed by atoms with E-state index in [1.807, 2.05) is 0 Å². The van der Waals surface area contributed by atoms with Gasteiger partial charge in [0.05, 0.1) is 17.8 Å². The van der Waals surface area contributed by atoms with Gasteiger partial charge < -0.3 is 20.5 Å². The maximum absolute atomic E-state index is 11.5. The number of hydrogen-bond donors (Lipinski definition) is 2. The molecular weight excluding hydrogens is 232 g/mol. The molecule has 0 fully saturated rings. The van der Waals surface area contributed by atoms with Gasteiger partial charge in [-0.05, 0) is 6.07 Å². The first-order chi connectivity index (χ1) is 7.65. The number of benzene rings is 1. The summed E-state index contributed by atoms with van der Waals surface area (Å²) < 4.78 is 10.1. The van der Waals surface area contributed by atoms with Crippen molar-refractivity contribution in [1.29, 1.82) is 0 Å². The molecule has 0 unspecified atom stereocenters. The standard InChI is InChI=1S/C10H11ClN2O3/c1-15-10(14)5-4-6(11)7(12)8-9(5)16-3-2-13-8/h4,13H,2-3,12H2,1H3. The Bertz CT molecular complexity index is 448. The fourth-order valence-electron chi connectivity index (χ4n) is 1.56. The van der Waals surface area contributed by atoms with E-state index in [1.54, 1.807) is 0 Å². The third kappa shape index (κ3) is 1.63. The lowest BCUT2D eigenvalue weighted by molar-refractivity contribution is 0.0596. The second-order valence-corrected chi connectivity index (χ2v) is 3.70. The maximum atomic E-state index is 11.5. The first-order valence-electron chi connectivity index (χ1n) is 4.72. The van der Waals surface area contributed by atoms with Crippen molar-refractivity contribution in [3.63, 3.8) is 0 Å². The minimum absolute atomic E-state index is 0.281. The molecular formula is C10H11ClN2O3. The van der Waals surface area contributed by atoms with Crippen LogP contribution in [-0.2, 0) is 4.74 Å². The lowest BCUT2D eigenvalue weighted by Gasteiger charge is -2.23. The van der Waals surface area contributed by atoms with Crippen LogP contribution in [0.1, 0.15) is 10.4 Å². The van der Waals surface area contributed by atoms with E-state index in [4.69, 9.17) is 22.1 Å². The van der Waals surface area contributed by atoms with Gasteiger partial charge in [-0.15, -0.1) is 0 Å². The van der Waals surface area contributed by atoms with Crippen LogP contribution in [0.3, 0.4) is 0 Å². The largest absolute Gasteiger partial charge is 0.489 e. The van der Waals surface area contributed by atoms with Crippen LogP contribution >= 0.6 is 11.6 Å². The van der Waals surface area contributed by atoms with E-state index in [1.165, 1.54) is 13.2 Å². The number of nitrogens with two attached hydrogens (primary N) is 1. The van der Waals surface area contributed by atoms with Crippen LogP contribution < -0.4 is 15.8 Å². The predicted octanol–water partition coefficient (Wildman–Crippen LogP) is 1.51. The van der Waals surface area contributed by atoms with Crippen molar-refractivity contribution in [1.82, 2.24) is 0 Å². The van der Waals surface area contributed by atoms with E-state index >= 15 is 0 Å². The van der Waals surface area contributed by atoms with Crippen LogP contribution in [0.2, 0.25) is 5.02 Å². The number of anilines is 2. The van der Waals surface area contributed by atoms with Crippen LogP contribution in [-0.4, -0.2) is 26.2 Å². The number of nitrogen functional groups attached to an aromatic ring is 1. The Labute approximate surface area is 97.5 Å². The number of carbonyl (C=O) groups excluding carboxylic acids is 1. The van der Waals surface area contributed by atoms with Gasteiger partial charge in [0.1, 0.15) is 17.9 Å². The Morgan fingerprint density at radius 2 is 2.44 bits per heavy atom. The van der Waals surface area contributed by atoms with E-state index in [-0.39, 0.29) is 5.56 Å². The predicted molar refractivity (Wildman–Crippen MR) is 61.2 cm³/mol. The topological polar surface area (TPSA) is 73.6 Å². The summed E-state index contributed by atoms with van der Waals surface area (Å²) in [6.45, 7) is 1.09. The molecule has 0 amide bonds. The van der Waals surface area contributed by atoms with Crippen LogP contribution in [0.4, 0.5) is 11.4 Å². The second kappa shape index (κ2) is 4.09. The smallest absolute Gasteiger partial charge is 0.341 e. The van der Waals surface area contributed by atoms with Gasteiger partial charge in [-0.2, -0.15) is 0 Å². The van der Waals surface area contributed by atoms with Gasteiger partial charge in [0, 0.05) is 6.54 Å². The molecule has 1 aromatic rings. The highest BCUT2D eigenvalue weighted by atomic mass is 35.5. The third-order valence-electron chi connectivity index (χ3n) is 2.32. The average molecular weight is 243 g/mol. The van der Waals surface area contributed by atoms with Crippen LogP contribution in [0.25, 0.3) is 0 Å². The van der Waals surface area contributed by atoms with Crippen LogP contribution in [0.15, 0.2) is 6.07 Å². The molecule has 0 aliphatic carbocycles. The van der Waals surface area contributed by atoms with Gasteiger partial charge in [-0.1, -0.05) is 11.6 Å². The summed E-state index contributed by atoms with van der Waals surface area (Å²) in [4.78, 5) is 11.5. The molecule has 0 radical (unpaired) electrons. The minimum Gasteiger partial charge on any atom is -0.489 e. The first kappa shape index (κ1) is 10.9. The monoisotopic (exact) mass is 242 g/mol. The summed E-state index contributed by atoms with van der Waals surface area (Å²) in [5, 5.41) is 3.35. The average Bonchev–Trinajstić information content (AvgIpc) is 2.33. The molecule has 0 bridgehead atoms. The Hall–Kier alpha value is -1.62. The van der Waals surface area contributed by atoms with Gasteiger partial charge in [0.2, 0.25) is 0 Å². The zero-order chi connectivity index (χ0) is 11.7. The summed E-state index contributed by atoms with van der Waals surface area (Å²) in [5.74, 6) is -0.0955. The molecule has 0 spiro atoms. The van der Waals surface area contributed by atoms with E-state index in [9.17, 15) is 4.79 Å². The van der Waals surface area contributed by atoms with E-state index < -0.39 is 5.97 Å². The Morgan fingerprint density at radius 1 is 1.69 bits per heavy atom. The number of carbonyl (C=O) groups is 1. The molecule has 2 rings (SSSR count). The van der Waals surface area contributed by atoms with Crippen molar-refractivity contribution in [2.75, 3.05) is 31.3 Å². The molecule has 5 nitrogen and oxygen atoms in total. The molecule has 1 aromatic carbocycles. The molecule has 0 atom stereocenters. The number of methoxy groups -OCH3 is 1. The maximum Gasteiger partial charge on any atom is 0.341 e. The quantitative estimate of drug-likeness (QED) is 0.577. The van der Waals surface area contributed by atoms with E-state index in [2.05, 4.69) is 10.1 Å². The Morgan fingerprint density at radius 3 is 3.12 bits per heavy atom. The number of fused-ring (bicyclic) bond motifs is 1. The van der Waals surface area contributed by atoms with Crippen molar-refractivity contribution in [2.45, 2.75) is 0 Å². The lowest BCUT2D eigenvalue weighted by atomic mass is 10.1. The molecule has 3 N–H and O–H groups in total. The molecule has 6 heteroatoms. The normalized spacial score (nSPS) is 13.4. The summed E-state index contributed by atoms with van der Waals surface area (Å²) in [6, 6.07) is 1.45. The number of nitrogens with one attached hydrogen (secondary N) is 1. The molecule has 0 saturated heterocycles.